The standard InChI is InChI=1S/C14H20N4O5S/c1-23-12-7-11(15)13(24(2,21)22)6-10(12)14(19)16-8-9-4-3-5-18(9)17-20/h6-7,9H,3-5,8,15H2,1-2H3,(H,16,19). The fraction of sp³-hybridized carbons (Fsp3) is 0.500. The highest BCUT2D eigenvalue weighted by molar-refractivity contribution is 7.90. The number of hydrogen-bond acceptors (Lipinski definition) is 7. The third-order valence-electron chi connectivity index (χ3n) is 3.93. The lowest BCUT2D eigenvalue weighted by atomic mass is 10.1. The molecule has 1 aliphatic rings. The minimum absolute atomic E-state index is 0.0121. The summed E-state index contributed by atoms with van der Waals surface area (Å²) in [7, 11) is -2.22. The van der Waals surface area contributed by atoms with Crippen LogP contribution in [0.5, 0.6) is 5.75 Å². The van der Waals surface area contributed by atoms with E-state index in [1.54, 1.807) is 0 Å². The van der Waals surface area contributed by atoms with E-state index in [2.05, 4.69) is 10.6 Å². The number of hydrogen-bond donors (Lipinski definition) is 2. The molecule has 3 N–H and O–H groups in total. The Morgan fingerprint density at radius 2 is 2.21 bits per heavy atom. The zero-order valence-corrected chi connectivity index (χ0v) is 14.3. The number of nitrogens with two attached hydrogens (primary N) is 1. The molecule has 1 heterocycles. The highest BCUT2D eigenvalue weighted by Gasteiger charge is 2.26. The predicted molar refractivity (Wildman–Crippen MR) is 88.4 cm³/mol. The fourth-order valence-corrected chi connectivity index (χ4v) is 3.50. The summed E-state index contributed by atoms with van der Waals surface area (Å²) in [6.45, 7) is 0.791. The zero-order chi connectivity index (χ0) is 17.9. The average molecular weight is 356 g/mol. The highest BCUT2D eigenvalue weighted by atomic mass is 32.2. The van der Waals surface area contributed by atoms with Gasteiger partial charge in [0.05, 0.1) is 34.6 Å². The Bertz CT molecular complexity index is 750. The second-order valence-corrected chi connectivity index (χ2v) is 7.60. The fourth-order valence-electron chi connectivity index (χ4n) is 2.68. The third-order valence-corrected chi connectivity index (χ3v) is 5.08. The number of methoxy groups -OCH3 is 1. The van der Waals surface area contributed by atoms with Gasteiger partial charge in [0.15, 0.2) is 9.84 Å². The van der Waals surface area contributed by atoms with Gasteiger partial charge >= 0.3 is 0 Å². The number of anilines is 1. The van der Waals surface area contributed by atoms with Crippen molar-refractivity contribution >= 4 is 21.4 Å². The van der Waals surface area contributed by atoms with Crippen molar-refractivity contribution in [3.05, 3.63) is 22.6 Å². The van der Waals surface area contributed by atoms with E-state index in [0.29, 0.717) is 6.54 Å². The molecular weight excluding hydrogens is 336 g/mol. The molecule has 0 radical (unpaired) electrons. The Morgan fingerprint density at radius 1 is 1.50 bits per heavy atom. The first kappa shape index (κ1) is 18.0. The number of nitrogens with one attached hydrogen (secondary N) is 1. The van der Waals surface area contributed by atoms with E-state index in [1.165, 1.54) is 24.3 Å². The molecule has 1 saturated heterocycles. The molecule has 1 aliphatic heterocycles. The molecular formula is C14H20N4O5S. The molecule has 0 saturated carbocycles. The Morgan fingerprint density at radius 3 is 2.79 bits per heavy atom. The minimum Gasteiger partial charge on any atom is -0.496 e. The first-order valence-electron chi connectivity index (χ1n) is 7.33. The van der Waals surface area contributed by atoms with Crippen LogP contribution in [0.1, 0.15) is 23.2 Å². The van der Waals surface area contributed by atoms with Crippen molar-refractivity contribution in [2.45, 2.75) is 23.8 Å². The molecule has 1 aromatic rings. The van der Waals surface area contributed by atoms with E-state index in [4.69, 9.17) is 10.5 Å². The van der Waals surface area contributed by atoms with Crippen molar-refractivity contribution in [3.8, 4) is 5.75 Å². The van der Waals surface area contributed by atoms with Crippen molar-refractivity contribution in [1.29, 1.82) is 0 Å². The smallest absolute Gasteiger partial charge is 0.255 e. The lowest BCUT2D eigenvalue weighted by Crippen LogP contribution is -2.37. The van der Waals surface area contributed by atoms with E-state index in [9.17, 15) is 18.1 Å². The summed E-state index contributed by atoms with van der Waals surface area (Å²) in [5.41, 5.74) is 5.79. The van der Waals surface area contributed by atoms with Crippen molar-refractivity contribution in [2.24, 2.45) is 5.29 Å². The van der Waals surface area contributed by atoms with Gasteiger partial charge in [-0.3, -0.25) is 9.80 Å². The van der Waals surface area contributed by atoms with E-state index >= 15 is 0 Å². The summed E-state index contributed by atoms with van der Waals surface area (Å²) >= 11 is 0. The summed E-state index contributed by atoms with van der Waals surface area (Å²) in [5.74, 6) is -0.330. The lowest BCUT2D eigenvalue weighted by molar-refractivity contribution is 0.0938. The number of amides is 1. The Hall–Kier alpha value is -2.36. The Kier molecular flexibility index (Phi) is 5.27. The van der Waals surface area contributed by atoms with Crippen LogP contribution in [0.4, 0.5) is 5.69 Å². The van der Waals surface area contributed by atoms with Gasteiger partial charge in [-0.05, 0) is 18.9 Å². The molecule has 1 atom stereocenters. The SMILES string of the molecule is COc1cc(N)c(S(C)(=O)=O)cc1C(=O)NCC1CCCN1N=O. The molecule has 0 bridgehead atoms. The Labute approximate surface area is 140 Å². The van der Waals surface area contributed by atoms with E-state index in [0.717, 1.165) is 19.1 Å². The van der Waals surface area contributed by atoms with Crippen molar-refractivity contribution in [2.75, 3.05) is 32.2 Å². The second kappa shape index (κ2) is 7.04. The summed E-state index contributed by atoms with van der Waals surface area (Å²) < 4.78 is 28.7. The molecule has 0 aromatic heterocycles. The molecule has 132 valence electrons. The van der Waals surface area contributed by atoms with E-state index < -0.39 is 15.7 Å². The van der Waals surface area contributed by atoms with Crippen LogP contribution >= 0.6 is 0 Å². The van der Waals surface area contributed by atoms with Crippen LogP contribution in [-0.2, 0) is 9.84 Å². The van der Waals surface area contributed by atoms with Crippen molar-refractivity contribution in [3.63, 3.8) is 0 Å². The van der Waals surface area contributed by atoms with Crippen molar-refractivity contribution < 1.29 is 17.9 Å². The first-order chi connectivity index (χ1) is 11.3. The topological polar surface area (TPSA) is 131 Å². The summed E-state index contributed by atoms with van der Waals surface area (Å²) in [5, 5.41) is 7.00. The second-order valence-electron chi connectivity index (χ2n) is 5.61. The highest BCUT2D eigenvalue weighted by Crippen LogP contribution is 2.28. The van der Waals surface area contributed by atoms with Crippen LogP contribution < -0.4 is 15.8 Å². The summed E-state index contributed by atoms with van der Waals surface area (Å²) in [4.78, 5) is 23.0. The maximum atomic E-state index is 12.4. The number of ether oxygens (including phenoxy) is 1. The van der Waals surface area contributed by atoms with Crippen LogP contribution in [0, 0.1) is 4.91 Å². The number of nitrogen functional groups attached to an aromatic ring is 1. The maximum absolute atomic E-state index is 12.4. The van der Waals surface area contributed by atoms with Gasteiger partial charge in [0.1, 0.15) is 5.75 Å². The number of rotatable bonds is 6. The largest absolute Gasteiger partial charge is 0.496 e. The first-order valence-corrected chi connectivity index (χ1v) is 9.22. The molecule has 1 unspecified atom stereocenters. The van der Waals surface area contributed by atoms with Crippen molar-refractivity contribution in [1.82, 2.24) is 10.3 Å². The van der Waals surface area contributed by atoms with E-state index in [1.807, 2.05) is 0 Å². The van der Waals surface area contributed by atoms with E-state index in [-0.39, 0.29) is 34.5 Å². The quantitative estimate of drug-likeness (QED) is 0.562. The molecule has 0 spiro atoms. The molecule has 1 fully saturated rings. The number of nitroso groups, excluding NO2 is 1. The molecule has 1 amide bonds. The summed E-state index contributed by atoms with van der Waals surface area (Å²) in [6.07, 6.45) is 2.59. The number of benzene rings is 1. The maximum Gasteiger partial charge on any atom is 0.255 e. The number of nitrogens with zero attached hydrogens (tertiary/aromatic N) is 2. The van der Waals surface area contributed by atoms with Crippen LogP contribution in [0.25, 0.3) is 0 Å². The zero-order valence-electron chi connectivity index (χ0n) is 13.5. The lowest BCUT2D eigenvalue weighted by Gasteiger charge is -2.19. The predicted octanol–water partition coefficient (Wildman–Crippen LogP) is 0.556. The monoisotopic (exact) mass is 356 g/mol. The van der Waals surface area contributed by atoms with Gasteiger partial charge < -0.3 is 15.8 Å². The van der Waals surface area contributed by atoms with Gasteiger partial charge in [0.25, 0.3) is 5.91 Å². The number of sulfone groups is 1. The Balaban J connectivity index is 2.23. The van der Waals surface area contributed by atoms with Gasteiger partial charge in [-0.1, -0.05) is 0 Å². The number of carbonyl (C=O) groups excluding carboxylic acids is 1. The van der Waals surface area contributed by atoms with Gasteiger partial charge in [-0.2, -0.15) is 0 Å². The van der Waals surface area contributed by atoms with Crippen LogP contribution in [0.2, 0.25) is 0 Å². The molecule has 2 rings (SSSR count). The molecule has 1 aromatic carbocycles. The normalized spacial score (nSPS) is 17.6. The van der Waals surface area contributed by atoms with Gasteiger partial charge in [0.2, 0.25) is 0 Å². The molecule has 10 heteroatoms. The average Bonchev–Trinajstić information content (AvgIpc) is 2.98. The van der Waals surface area contributed by atoms with Crippen LogP contribution in [-0.4, -0.2) is 51.8 Å². The number of carbonyl (C=O) groups is 1. The minimum atomic E-state index is -3.58. The van der Waals surface area contributed by atoms with Crippen LogP contribution in [0.15, 0.2) is 22.3 Å². The van der Waals surface area contributed by atoms with Gasteiger partial charge in [0, 0.05) is 25.4 Å². The van der Waals surface area contributed by atoms with Crippen LogP contribution in [0.3, 0.4) is 0 Å². The molecule has 0 aliphatic carbocycles. The summed E-state index contributed by atoms with van der Waals surface area (Å²) in [6, 6.07) is 2.34. The van der Waals surface area contributed by atoms with Gasteiger partial charge in [-0.15, -0.1) is 4.91 Å². The third kappa shape index (κ3) is 3.75. The molecule has 24 heavy (non-hydrogen) atoms. The van der Waals surface area contributed by atoms with Gasteiger partial charge in [-0.25, -0.2) is 8.42 Å². The molecule has 9 nitrogen and oxygen atoms in total.